The number of anilines is 1. The van der Waals surface area contributed by atoms with Gasteiger partial charge in [0, 0.05) is 30.8 Å². The Hall–Kier alpha value is -2.20. The van der Waals surface area contributed by atoms with Crippen molar-refractivity contribution in [1.82, 2.24) is 8.87 Å². The molecule has 0 radical (unpaired) electrons. The molecular weight excluding hydrogens is 446 g/mol. The lowest BCUT2D eigenvalue weighted by Gasteiger charge is -2.31. The first-order chi connectivity index (χ1) is 14.3. The van der Waals surface area contributed by atoms with Crippen LogP contribution < -0.4 is 10.2 Å². The van der Waals surface area contributed by atoms with Crippen molar-refractivity contribution in [3.8, 4) is 0 Å². The van der Waals surface area contributed by atoms with Crippen LogP contribution in [0.3, 0.4) is 0 Å². The summed E-state index contributed by atoms with van der Waals surface area (Å²) in [6.07, 6.45) is 1.21. The van der Waals surface area contributed by atoms with Crippen molar-refractivity contribution in [3.05, 3.63) is 57.2 Å². The molecule has 1 N–H and O–H groups in total. The van der Waals surface area contributed by atoms with Gasteiger partial charge < -0.3 is 9.88 Å². The molecule has 7 nitrogen and oxygen atoms in total. The number of thiazole rings is 1. The molecule has 10 heteroatoms. The SMILES string of the molecule is Cn1c(=O)sc2cc(NC(=O)[C@@H]3CCCN(S(=O)(=O)c4ccc(Cl)cc4)C3)ccc21. The number of hydrogen-bond acceptors (Lipinski definition) is 5. The Balaban J connectivity index is 1.49. The zero-order chi connectivity index (χ0) is 21.5. The van der Waals surface area contributed by atoms with Crippen LogP contribution in [0.2, 0.25) is 5.02 Å². The van der Waals surface area contributed by atoms with Gasteiger partial charge in [-0.15, -0.1) is 0 Å². The molecule has 1 aliphatic rings. The summed E-state index contributed by atoms with van der Waals surface area (Å²) in [5, 5.41) is 3.33. The zero-order valence-corrected chi connectivity index (χ0v) is 18.6. The highest BCUT2D eigenvalue weighted by Gasteiger charge is 2.33. The molecule has 1 saturated heterocycles. The Morgan fingerprint density at radius 2 is 1.93 bits per heavy atom. The van der Waals surface area contributed by atoms with Crippen LogP contribution in [0.1, 0.15) is 12.8 Å². The minimum atomic E-state index is -3.69. The number of sulfonamides is 1. The van der Waals surface area contributed by atoms with Crippen LogP contribution >= 0.6 is 22.9 Å². The average Bonchev–Trinajstić information content (AvgIpc) is 3.01. The van der Waals surface area contributed by atoms with Crippen molar-refractivity contribution in [2.45, 2.75) is 17.7 Å². The van der Waals surface area contributed by atoms with Gasteiger partial charge in [-0.25, -0.2) is 8.42 Å². The van der Waals surface area contributed by atoms with E-state index in [4.69, 9.17) is 11.6 Å². The van der Waals surface area contributed by atoms with Crippen molar-refractivity contribution in [2.75, 3.05) is 18.4 Å². The van der Waals surface area contributed by atoms with Crippen LogP contribution in [0.4, 0.5) is 5.69 Å². The minimum Gasteiger partial charge on any atom is -0.326 e. The van der Waals surface area contributed by atoms with E-state index in [1.165, 1.54) is 28.6 Å². The van der Waals surface area contributed by atoms with Gasteiger partial charge in [0.1, 0.15) is 0 Å². The van der Waals surface area contributed by atoms with Gasteiger partial charge in [-0.2, -0.15) is 4.31 Å². The summed E-state index contributed by atoms with van der Waals surface area (Å²) in [5.74, 6) is -0.681. The fourth-order valence-electron chi connectivity index (χ4n) is 3.59. The number of aryl methyl sites for hydroxylation is 1. The third-order valence-corrected chi connectivity index (χ3v) is 8.39. The lowest BCUT2D eigenvalue weighted by molar-refractivity contribution is -0.120. The molecule has 1 amide bonds. The van der Waals surface area contributed by atoms with Gasteiger partial charge in [-0.1, -0.05) is 22.9 Å². The summed E-state index contributed by atoms with van der Waals surface area (Å²) in [5.41, 5.74) is 1.40. The van der Waals surface area contributed by atoms with Crippen molar-refractivity contribution in [3.63, 3.8) is 0 Å². The molecule has 0 saturated carbocycles. The number of nitrogens with one attached hydrogen (secondary N) is 1. The van der Waals surface area contributed by atoms with E-state index in [2.05, 4.69) is 5.32 Å². The van der Waals surface area contributed by atoms with Crippen LogP contribution in [0, 0.1) is 5.92 Å². The Labute approximate surface area is 182 Å². The number of halogens is 1. The number of amides is 1. The van der Waals surface area contributed by atoms with E-state index in [9.17, 15) is 18.0 Å². The summed E-state index contributed by atoms with van der Waals surface area (Å²) in [6, 6.07) is 11.3. The second-order valence-electron chi connectivity index (χ2n) is 7.25. The fourth-order valence-corrected chi connectivity index (χ4v) is 6.15. The van der Waals surface area contributed by atoms with Crippen LogP contribution in [-0.4, -0.2) is 36.3 Å². The summed E-state index contributed by atoms with van der Waals surface area (Å²) in [4.78, 5) is 24.7. The predicted molar refractivity (Wildman–Crippen MR) is 119 cm³/mol. The molecule has 0 unspecified atom stereocenters. The van der Waals surface area contributed by atoms with Crippen molar-refractivity contribution < 1.29 is 13.2 Å². The second-order valence-corrected chi connectivity index (χ2v) is 10.6. The Kier molecular flexibility index (Phi) is 5.71. The summed E-state index contributed by atoms with van der Waals surface area (Å²) < 4.78 is 29.6. The first kappa shape index (κ1) is 21.0. The van der Waals surface area contributed by atoms with Gasteiger partial charge >= 0.3 is 4.87 Å². The molecule has 1 atom stereocenters. The normalized spacial score (nSPS) is 17.9. The molecule has 2 heterocycles. The Morgan fingerprint density at radius 1 is 1.20 bits per heavy atom. The van der Waals surface area contributed by atoms with E-state index in [1.807, 2.05) is 0 Å². The molecule has 0 spiro atoms. The molecule has 1 aromatic heterocycles. The van der Waals surface area contributed by atoms with Crippen LogP contribution in [0.15, 0.2) is 52.2 Å². The maximum atomic E-state index is 12.9. The quantitative estimate of drug-likeness (QED) is 0.640. The molecule has 2 aromatic carbocycles. The first-order valence-corrected chi connectivity index (χ1v) is 12.1. The van der Waals surface area contributed by atoms with Crippen LogP contribution in [0.5, 0.6) is 0 Å². The number of rotatable bonds is 4. The van der Waals surface area contributed by atoms with E-state index in [0.717, 1.165) is 21.6 Å². The Bertz CT molecular complexity index is 1270. The third-order valence-electron chi connectivity index (χ3n) is 5.27. The fraction of sp³-hybridized carbons (Fsp3) is 0.300. The number of nitrogens with zero attached hydrogens (tertiary/aromatic N) is 2. The number of hydrogen-bond donors (Lipinski definition) is 1. The highest BCUT2D eigenvalue weighted by Crippen LogP contribution is 2.26. The largest absolute Gasteiger partial charge is 0.326 e. The lowest BCUT2D eigenvalue weighted by atomic mass is 9.98. The van der Waals surface area contributed by atoms with Gasteiger partial charge in [0.2, 0.25) is 15.9 Å². The highest BCUT2D eigenvalue weighted by atomic mass is 35.5. The molecule has 1 fully saturated rings. The van der Waals surface area contributed by atoms with Crippen molar-refractivity contribution >= 4 is 54.8 Å². The van der Waals surface area contributed by atoms with Crippen LogP contribution in [0.25, 0.3) is 10.2 Å². The zero-order valence-electron chi connectivity index (χ0n) is 16.2. The molecule has 158 valence electrons. The summed E-state index contributed by atoms with van der Waals surface area (Å²) in [7, 11) is -1.98. The molecule has 0 bridgehead atoms. The van der Waals surface area contributed by atoms with Crippen molar-refractivity contribution in [1.29, 1.82) is 0 Å². The average molecular weight is 466 g/mol. The number of carbonyl (C=O) groups is 1. The van der Waals surface area contributed by atoms with E-state index in [1.54, 1.807) is 29.8 Å². The molecular formula is C20H20ClN3O4S2. The summed E-state index contributed by atoms with van der Waals surface area (Å²) in [6.45, 7) is 0.496. The topological polar surface area (TPSA) is 88.5 Å². The minimum absolute atomic E-state index is 0.0659. The van der Waals surface area contributed by atoms with Gasteiger partial charge in [-0.3, -0.25) is 9.59 Å². The molecule has 30 heavy (non-hydrogen) atoms. The third kappa shape index (κ3) is 4.02. The van der Waals surface area contributed by atoms with Gasteiger partial charge in [0.05, 0.1) is 21.0 Å². The number of aromatic nitrogens is 1. The van der Waals surface area contributed by atoms with Crippen molar-refractivity contribution in [2.24, 2.45) is 13.0 Å². The molecule has 3 aromatic rings. The van der Waals surface area contributed by atoms with E-state index in [-0.39, 0.29) is 22.2 Å². The predicted octanol–water partition coefficient (Wildman–Crippen LogP) is 3.29. The second kappa shape index (κ2) is 8.14. The lowest BCUT2D eigenvalue weighted by Crippen LogP contribution is -2.43. The monoisotopic (exact) mass is 465 g/mol. The highest BCUT2D eigenvalue weighted by molar-refractivity contribution is 7.89. The maximum Gasteiger partial charge on any atom is 0.307 e. The smallest absolute Gasteiger partial charge is 0.307 e. The molecule has 1 aliphatic heterocycles. The van der Waals surface area contributed by atoms with Crippen LogP contribution in [-0.2, 0) is 21.9 Å². The molecule has 4 rings (SSSR count). The Morgan fingerprint density at radius 3 is 2.67 bits per heavy atom. The number of fused-ring (bicyclic) bond motifs is 1. The van der Waals surface area contributed by atoms with E-state index < -0.39 is 15.9 Å². The number of carbonyl (C=O) groups excluding carboxylic acids is 1. The summed E-state index contributed by atoms with van der Waals surface area (Å²) >= 11 is 6.97. The number of benzene rings is 2. The maximum absolute atomic E-state index is 12.9. The van der Waals surface area contributed by atoms with Gasteiger partial charge in [-0.05, 0) is 55.3 Å². The van der Waals surface area contributed by atoms with E-state index in [0.29, 0.717) is 30.1 Å². The van der Waals surface area contributed by atoms with E-state index >= 15 is 0 Å². The number of piperidine rings is 1. The van der Waals surface area contributed by atoms with Gasteiger partial charge in [0.25, 0.3) is 0 Å². The molecule has 0 aliphatic carbocycles. The standard InChI is InChI=1S/C20H20ClN3O4S2/c1-23-17-9-6-15(11-18(17)29-20(23)26)22-19(25)13-3-2-10-24(12-13)30(27,28)16-7-4-14(21)5-8-16/h4-9,11,13H,2-3,10,12H2,1H3,(H,22,25)/t13-/m1/s1. The van der Waals surface area contributed by atoms with Gasteiger partial charge in [0.15, 0.2) is 0 Å². The first-order valence-electron chi connectivity index (χ1n) is 9.42.